The van der Waals surface area contributed by atoms with Crippen molar-refractivity contribution in [3.05, 3.63) is 35.4 Å². The molecule has 0 bridgehead atoms. The Balaban J connectivity index is 1.35. The summed E-state index contributed by atoms with van der Waals surface area (Å²) in [5, 5.41) is 0. The molecule has 128 valence electrons. The van der Waals surface area contributed by atoms with Crippen LogP contribution in [0.1, 0.15) is 95.1 Å². The zero-order chi connectivity index (χ0) is 16.1. The van der Waals surface area contributed by atoms with Crippen LogP contribution in [0.4, 0.5) is 0 Å². The quantitative estimate of drug-likeness (QED) is 0.502. The molecule has 2 aliphatic carbocycles. The van der Waals surface area contributed by atoms with Crippen LogP contribution in [0.25, 0.3) is 0 Å². The second-order valence-electron chi connectivity index (χ2n) is 8.38. The molecule has 2 fully saturated rings. The molecule has 2 aliphatic rings. The smallest absolute Gasteiger partial charge is 0.0162 e. The number of aryl methyl sites for hydroxylation is 1. The van der Waals surface area contributed by atoms with E-state index in [2.05, 4.69) is 38.1 Å². The average Bonchev–Trinajstić information content (AvgIpc) is 2.57. The highest BCUT2D eigenvalue weighted by molar-refractivity contribution is 5.25. The van der Waals surface area contributed by atoms with Crippen molar-refractivity contribution >= 4 is 0 Å². The monoisotopic (exact) mass is 312 g/mol. The third-order valence-corrected chi connectivity index (χ3v) is 6.72. The van der Waals surface area contributed by atoms with E-state index in [9.17, 15) is 0 Å². The predicted molar refractivity (Wildman–Crippen MR) is 101 cm³/mol. The van der Waals surface area contributed by atoms with Crippen LogP contribution >= 0.6 is 0 Å². The van der Waals surface area contributed by atoms with Crippen molar-refractivity contribution in [3.63, 3.8) is 0 Å². The van der Waals surface area contributed by atoms with Crippen LogP contribution in [0.3, 0.4) is 0 Å². The number of hydrogen-bond donors (Lipinski definition) is 0. The van der Waals surface area contributed by atoms with E-state index in [0.717, 1.165) is 30.1 Å². The normalized spacial score (nSPS) is 30.9. The molecule has 1 aromatic carbocycles. The van der Waals surface area contributed by atoms with Crippen LogP contribution in [0.5, 0.6) is 0 Å². The van der Waals surface area contributed by atoms with Gasteiger partial charge < -0.3 is 0 Å². The standard InChI is InChI=1S/C23H36/c1-3-5-20-16-21(17-20)7-6-19-10-14-23(15-11-19)22-12-8-18(4-2)9-13-22/h8-9,12-13,19-21,23H,3-7,10-11,14-17H2,1-2H3. The molecule has 0 aromatic heterocycles. The predicted octanol–water partition coefficient (Wildman–Crippen LogP) is 7.13. The largest absolute Gasteiger partial charge is 0.0654 e. The summed E-state index contributed by atoms with van der Waals surface area (Å²) in [6.07, 6.45) is 16.0. The molecular formula is C23H36. The maximum absolute atomic E-state index is 2.39. The molecule has 2 saturated carbocycles. The first-order valence-corrected chi connectivity index (χ1v) is 10.4. The lowest BCUT2D eigenvalue weighted by molar-refractivity contribution is 0.154. The SMILES string of the molecule is CCCC1CC(CCC2CCC(c3ccc(CC)cc3)CC2)C1. The van der Waals surface area contributed by atoms with E-state index in [-0.39, 0.29) is 0 Å². The van der Waals surface area contributed by atoms with Gasteiger partial charge in [0.25, 0.3) is 0 Å². The van der Waals surface area contributed by atoms with E-state index < -0.39 is 0 Å². The first-order valence-electron chi connectivity index (χ1n) is 10.4. The number of benzene rings is 1. The van der Waals surface area contributed by atoms with Crippen LogP contribution in [0.2, 0.25) is 0 Å². The molecule has 0 unspecified atom stereocenters. The Morgan fingerprint density at radius 3 is 1.96 bits per heavy atom. The van der Waals surface area contributed by atoms with Gasteiger partial charge in [-0.25, -0.2) is 0 Å². The second-order valence-corrected chi connectivity index (χ2v) is 8.38. The summed E-state index contributed by atoms with van der Waals surface area (Å²) in [4.78, 5) is 0. The highest BCUT2D eigenvalue weighted by atomic mass is 14.3. The Bertz CT molecular complexity index is 443. The average molecular weight is 313 g/mol. The maximum atomic E-state index is 2.39. The van der Waals surface area contributed by atoms with Gasteiger partial charge in [-0.3, -0.25) is 0 Å². The molecule has 1 aromatic rings. The van der Waals surface area contributed by atoms with E-state index >= 15 is 0 Å². The lowest BCUT2D eigenvalue weighted by atomic mass is 9.69. The molecular weight excluding hydrogens is 276 g/mol. The van der Waals surface area contributed by atoms with Gasteiger partial charge in [-0.2, -0.15) is 0 Å². The van der Waals surface area contributed by atoms with Gasteiger partial charge in [-0.15, -0.1) is 0 Å². The van der Waals surface area contributed by atoms with Gasteiger partial charge in [0.2, 0.25) is 0 Å². The van der Waals surface area contributed by atoms with E-state index in [1.54, 1.807) is 18.4 Å². The summed E-state index contributed by atoms with van der Waals surface area (Å²) in [6, 6.07) is 9.47. The molecule has 0 heteroatoms. The number of rotatable bonds is 7. The van der Waals surface area contributed by atoms with Gasteiger partial charge in [0.05, 0.1) is 0 Å². The fourth-order valence-electron chi connectivity index (χ4n) is 5.03. The Morgan fingerprint density at radius 2 is 1.35 bits per heavy atom. The van der Waals surface area contributed by atoms with Crippen LogP contribution in [0, 0.1) is 17.8 Å². The van der Waals surface area contributed by atoms with Crippen LogP contribution in [-0.2, 0) is 6.42 Å². The summed E-state index contributed by atoms with van der Waals surface area (Å²) in [5.41, 5.74) is 3.08. The molecule has 0 atom stereocenters. The summed E-state index contributed by atoms with van der Waals surface area (Å²) in [5.74, 6) is 4.05. The van der Waals surface area contributed by atoms with Gasteiger partial charge in [-0.1, -0.05) is 63.8 Å². The lowest BCUT2D eigenvalue weighted by Crippen LogP contribution is -2.24. The molecule has 0 radical (unpaired) electrons. The maximum Gasteiger partial charge on any atom is -0.0162 e. The van der Waals surface area contributed by atoms with Crippen LogP contribution in [-0.4, -0.2) is 0 Å². The zero-order valence-electron chi connectivity index (χ0n) is 15.4. The highest BCUT2D eigenvalue weighted by Gasteiger charge is 2.29. The van der Waals surface area contributed by atoms with Crippen molar-refractivity contribution < 1.29 is 0 Å². The molecule has 0 amide bonds. The Hall–Kier alpha value is -0.780. The minimum absolute atomic E-state index is 0.842. The summed E-state index contributed by atoms with van der Waals surface area (Å²) < 4.78 is 0. The Labute approximate surface area is 144 Å². The topological polar surface area (TPSA) is 0 Å². The van der Waals surface area contributed by atoms with Crippen LogP contribution < -0.4 is 0 Å². The van der Waals surface area contributed by atoms with Crippen molar-refractivity contribution in [1.29, 1.82) is 0 Å². The summed E-state index contributed by atoms with van der Waals surface area (Å²) in [7, 11) is 0. The van der Waals surface area contributed by atoms with E-state index in [1.165, 1.54) is 56.9 Å². The van der Waals surface area contributed by atoms with Crippen molar-refractivity contribution in [1.82, 2.24) is 0 Å². The first-order chi connectivity index (χ1) is 11.3. The molecule has 0 N–H and O–H groups in total. The van der Waals surface area contributed by atoms with Crippen molar-refractivity contribution in [2.75, 3.05) is 0 Å². The van der Waals surface area contributed by atoms with Gasteiger partial charge in [0.15, 0.2) is 0 Å². The van der Waals surface area contributed by atoms with Crippen molar-refractivity contribution in [3.8, 4) is 0 Å². The molecule has 23 heavy (non-hydrogen) atoms. The van der Waals surface area contributed by atoms with E-state index in [1.807, 2.05) is 0 Å². The molecule has 0 aliphatic heterocycles. The van der Waals surface area contributed by atoms with E-state index in [0.29, 0.717) is 0 Å². The molecule has 3 rings (SSSR count). The highest BCUT2D eigenvalue weighted by Crippen LogP contribution is 2.43. The van der Waals surface area contributed by atoms with Gasteiger partial charge >= 0.3 is 0 Å². The van der Waals surface area contributed by atoms with E-state index in [4.69, 9.17) is 0 Å². The van der Waals surface area contributed by atoms with Crippen LogP contribution in [0.15, 0.2) is 24.3 Å². The third-order valence-electron chi connectivity index (χ3n) is 6.72. The third kappa shape index (κ3) is 4.61. The number of hydrogen-bond acceptors (Lipinski definition) is 0. The lowest BCUT2D eigenvalue weighted by Gasteiger charge is -2.37. The second kappa shape index (κ2) is 8.36. The van der Waals surface area contributed by atoms with Crippen molar-refractivity contribution in [2.45, 2.75) is 90.4 Å². The van der Waals surface area contributed by atoms with Gasteiger partial charge in [-0.05, 0) is 79.7 Å². The molecule has 0 spiro atoms. The molecule has 0 saturated heterocycles. The van der Waals surface area contributed by atoms with Gasteiger partial charge in [0.1, 0.15) is 0 Å². The first kappa shape index (κ1) is 17.1. The van der Waals surface area contributed by atoms with Gasteiger partial charge in [0, 0.05) is 0 Å². The fourth-order valence-corrected chi connectivity index (χ4v) is 5.03. The fraction of sp³-hybridized carbons (Fsp3) is 0.739. The molecule has 0 nitrogen and oxygen atoms in total. The Morgan fingerprint density at radius 1 is 0.739 bits per heavy atom. The summed E-state index contributed by atoms with van der Waals surface area (Å²) in [6.45, 7) is 4.58. The minimum atomic E-state index is 0.842. The summed E-state index contributed by atoms with van der Waals surface area (Å²) >= 11 is 0. The van der Waals surface area contributed by atoms with Crippen molar-refractivity contribution in [2.24, 2.45) is 17.8 Å². The Kier molecular flexibility index (Phi) is 6.20. The molecule has 0 heterocycles. The zero-order valence-corrected chi connectivity index (χ0v) is 15.4. The minimum Gasteiger partial charge on any atom is -0.0654 e.